The topological polar surface area (TPSA) is 98.0 Å². The summed E-state index contributed by atoms with van der Waals surface area (Å²) in [7, 11) is 0. The minimum absolute atomic E-state index is 0.0677. The van der Waals surface area contributed by atoms with Crippen molar-refractivity contribution in [1.82, 2.24) is 0 Å². The third-order valence-electron chi connectivity index (χ3n) is 1.74. The molecule has 0 amide bonds. The van der Waals surface area contributed by atoms with Gasteiger partial charge >= 0.3 is 5.97 Å². The van der Waals surface area contributed by atoms with Gasteiger partial charge in [0.05, 0.1) is 12.7 Å². The van der Waals surface area contributed by atoms with E-state index in [1.54, 1.807) is 20.8 Å². The van der Waals surface area contributed by atoms with E-state index in [1.807, 2.05) is 0 Å². The molecule has 1 atom stereocenters. The molecule has 0 aromatic rings. The third kappa shape index (κ3) is 11.0. The summed E-state index contributed by atoms with van der Waals surface area (Å²) in [4.78, 5) is 10.1. The number of hydrogen-bond acceptors (Lipinski definition) is 4. The highest BCUT2D eigenvalue weighted by Crippen LogP contribution is 1.99. The molecule has 0 bridgehead atoms. The van der Waals surface area contributed by atoms with Gasteiger partial charge in [0.15, 0.2) is 0 Å². The monoisotopic (exact) mass is 220 g/mol. The van der Waals surface area contributed by atoms with Crippen LogP contribution in [0.2, 0.25) is 0 Å². The SMILES string of the molecule is CC(C)=C(C)C(=O)O.OCCC(O)CO. The Morgan fingerprint density at radius 3 is 1.73 bits per heavy atom. The Hall–Kier alpha value is -0.910. The normalized spacial score (nSPS) is 11.1. The summed E-state index contributed by atoms with van der Waals surface area (Å²) in [5, 5.41) is 32.9. The van der Waals surface area contributed by atoms with Gasteiger partial charge in [0.25, 0.3) is 0 Å². The van der Waals surface area contributed by atoms with E-state index in [0.717, 1.165) is 5.57 Å². The third-order valence-corrected chi connectivity index (χ3v) is 1.74. The number of carboxylic acid groups (broad SMARTS) is 1. The van der Waals surface area contributed by atoms with Crippen molar-refractivity contribution >= 4 is 5.97 Å². The predicted octanol–water partition coefficient (Wildman–Crippen LogP) is 0.149. The molecule has 0 saturated heterocycles. The van der Waals surface area contributed by atoms with E-state index in [-0.39, 0.29) is 19.6 Å². The highest BCUT2D eigenvalue weighted by molar-refractivity contribution is 5.86. The van der Waals surface area contributed by atoms with Gasteiger partial charge in [0.2, 0.25) is 0 Å². The van der Waals surface area contributed by atoms with Gasteiger partial charge in [-0.15, -0.1) is 0 Å². The fraction of sp³-hybridized carbons (Fsp3) is 0.700. The fourth-order valence-electron chi connectivity index (χ4n) is 0.454. The average Bonchev–Trinajstić information content (AvgIpc) is 2.17. The van der Waals surface area contributed by atoms with Gasteiger partial charge in [-0.25, -0.2) is 4.79 Å². The summed E-state index contributed by atoms with van der Waals surface area (Å²) < 4.78 is 0. The van der Waals surface area contributed by atoms with E-state index >= 15 is 0 Å². The Morgan fingerprint density at radius 2 is 1.67 bits per heavy atom. The summed E-state index contributed by atoms with van der Waals surface area (Å²) in [6.07, 6.45) is -0.485. The molecular weight excluding hydrogens is 200 g/mol. The first kappa shape index (κ1) is 16.5. The van der Waals surface area contributed by atoms with Gasteiger partial charge in [-0.05, 0) is 27.2 Å². The lowest BCUT2D eigenvalue weighted by molar-refractivity contribution is -0.132. The molecule has 5 nitrogen and oxygen atoms in total. The van der Waals surface area contributed by atoms with Crippen LogP contribution >= 0.6 is 0 Å². The summed E-state index contributed by atoms with van der Waals surface area (Å²) in [6, 6.07) is 0. The van der Waals surface area contributed by atoms with Gasteiger partial charge in [-0.2, -0.15) is 0 Å². The first-order valence-electron chi connectivity index (χ1n) is 4.63. The number of aliphatic carboxylic acids is 1. The van der Waals surface area contributed by atoms with Crippen molar-refractivity contribution < 1.29 is 25.2 Å². The molecule has 0 heterocycles. The molecule has 1 unspecified atom stereocenters. The van der Waals surface area contributed by atoms with Crippen LogP contribution in [0.25, 0.3) is 0 Å². The van der Waals surface area contributed by atoms with E-state index in [2.05, 4.69) is 0 Å². The zero-order valence-corrected chi connectivity index (χ0v) is 9.40. The largest absolute Gasteiger partial charge is 0.478 e. The lowest BCUT2D eigenvalue weighted by Gasteiger charge is -2.00. The van der Waals surface area contributed by atoms with Crippen LogP contribution in [-0.2, 0) is 4.79 Å². The number of allylic oxidation sites excluding steroid dienone is 1. The van der Waals surface area contributed by atoms with Gasteiger partial charge in [0.1, 0.15) is 0 Å². The van der Waals surface area contributed by atoms with Crippen LogP contribution in [0.5, 0.6) is 0 Å². The highest BCUT2D eigenvalue weighted by Gasteiger charge is 1.99. The van der Waals surface area contributed by atoms with Gasteiger partial charge < -0.3 is 20.4 Å². The zero-order chi connectivity index (χ0) is 12.4. The summed E-state index contributed by atoms with van der Waals surface area (Å²) in [5.41, 5.74) is 1.29. The first-order valence-corrected chi connectivity index (χ1v) is 4.63. The Morgan fingerprint density at radius 1 is 1.20 bits per heavy atom. The molecule has 0 aliphatic carbocycles. The van der Waals surface area contributed by atoms with Crippen molar-refractivity contribution in [3.05, 3.63) is 11.1 Å². The lowest BCUT2D eigenvalue weighted by atomic mass is 10.2. The number of aliphatic hydroxyl groups is 3. The molecular formula is C10H20O5. The first-order chi connectivity index (χ1) is 6.86. The van der Waals surface area contributed by atoms with Crippen LogP contribution in [0.3, 0.4) is 0 Å². The van der Waals surface area contributed by atoms with Crippen LogP contribution in [-0.4, -0.2) is 45.7 Å². The minimum Gasteiger partial charge on any atom is -0.478 e. The van der Waals surface area contributed by atoms with Crippen molar-refractivity contribution in [2.75, 3.05) is 13.2 Å². The average molecular weight is 220 g/mol. The van der Waals surface area contributed by atoms with Crippen molar-refractivity contribution in [2.24, 2.45) is 0 Å². The van der Waals surface area contributed by atoms with Crippen molar-refractivity contribution in [3.63, 3.8) is 0 Å². The van der Waals surface area contributed by atoms with Gasteiger partial charge in [0, 0.05) is 12.2 Å². The summed E-state index contributed by atoms with van der Waals surface area (Å²) >= 11 is 0. The number of rotatable bonds is 4. The van der Waals surface area contributed by atoms with Crippen molar-refractivity contribution in [1.29, 1.82) is 0 Å². The smallest absolute Gasteiger partial charge is 0.331 e. The number of aliphatic hydroxyl groups excluding tert-OH is 3. The maximum atomic E-state index is 10.1. The van der Waals surface area contributed by atoms with Crippen LogP contribution in [0.4, 0.5) is 0 Å². The molecule has 4 N–H and O–H groups in total. The van der Waals surface area contributed by atoms with E-state index < -0.39 is 12.1 Å². The zero-order valence-electron chi connectivity index (χ0n) is 9.40. The molecule has 0 rings (SSSR count). The van der Waals surface area contributed by atoms with Crippen molar-refractivity contribution in [3.8, 4) is 0 Å². The summed E-state index contributed by atoms with van der Waals surface area (Å²) in [5.74, 6) is -0.829. The number of carbonyl (C=O) groups is 1. The van der Waals surface area contributed by atoms with Crippen molar-refractivity contribution in [2.45, 2.75) is 33.3 Å². The maximum absolute atomic E-state index is 10.1. The van der Waals surface area contributed by atoms with Crippen LogP contribution < -0.4 is 0 Å². The molecule has 0 aliphatic heterocycles. The fourth-order valence-corrected chi connectivity index (χ4v) is 0.454. The second-order valence-corrected chi connectivity index (χ2v) is 3.28. The second-order valence-electron chi connectivity index (χ2n) is 3.28. The standard InChI is InChI=1S/C6H10O2.C4H10O3/c1-4(2)5(3)6(7)8;5-2-1-4(7)3-6/h1-3H3,(H,7,8);4-7H,1-3H2. The summed E-state index contributed by atoms with van der Waals surface area (Å²) in [6.45, 7) is 4.83. The molecule has 0 spiro atoms. The lowest BCUT2D eigenvalue weighted by Crippen LogP contribution is -2.12. The predicted molar refractivity (Wildman–Crippen MR) is 56.5 cm³/mol. The molecule has 0 aliphatic rings. The van der Waals surface area contributed by atoms with Crippen LogP contribution in [0, 0.1) is 0 Å². The van der Waals surface area contributed by atoms with E-state index in [0.29, 0.717) is 5.57 Å². The van der Waals surface area contributed by atoms with E-state index in [9.17, 15) is 4.79 Å². The molecule has 0 fully saturated rings. The number of hydrogen-bond donors (Lipinski definition) is 4. The molecule has 0 saturated carbocycles. The molecule has 90 valence electrons. The maximum Gasteiger partial charge on any atom is 0.331 e. The van der Waals surface area contributed by atoms with Crippen LogP contribution in [0.1, 0.15) is 27.2 Å². The number of carboxylic acids is 1. The molecule has 15 heavy (non-hydrogen) atoms. The van der Waals surface area contributed by atoms with Crippen LogP contribution in [0.15, 0.2) is 11.1 Å². The van der Waals surface area contributed by atoms with Gasteiger partial charge in [-0.3, -0.25) is 0 Å². The second kappa shape index (κ2) is 9.64. The quantitative estimate of drug-likeness (QED) is 0.505. The molecule has 5 heteroatoms. The Kier molecular flexibility index (Phi) is 10.6. The minimum atomic E-state index is -0.829. The Balaban J connectivity index is 0. The Bertz CT molecular complexity index is 206. The molecule has 0 radical (unpaired) electrons. The van der Waals surface area contributed by atoms with E-state index in [4.69, 9.17) is 20.4 Å². The highest BCUT2D eigenvalue weighted by atomic mass is 16.4. The van der Waals surface area contributed by atoms with Gasteiger partial charge in [-0.1, -0.05) is 5.57 Å². The molecule has 0 aromatic carbocycles. The Labute approximate surface area is 89.7 Å². The van der Waals surface area contributed by atoms with E-state index in [1.165, 1.54) is 0 Å². The molecule has 0 aromatic heterocycles.